The van der Waals surface area contributed by atoms with Gasteiger partial charge in [0.15, 0.2) is 0 Å². The molecule has 3 rings (SSSR count). The molecular weight excluding hydrogens is 498 g/mol. The smallest absolute Gasteiger partial charge is 0.242 e. The van der Waals surface area contributed by atoms with Gasteiger partial charge in [0.25, 0.3) is 0 Å². The van der Waals surface area contributed by atoms with Crippen LogP contribution in [0.2, 0.25) is 5.02 Å². The molecule has 1 fully saturated rings. The van der Waals surface area contributed by atoms with Gasteiger partial charge in [-0.05, 0) is 56.9 Å². The van der Waals surface area contributed by atoms with Gasteiger partial charge < -0.3 is 10.2 Å². The van der Waals surface area contributed by atoms with Crippen LogP contribution in [0.25, 0.3) is 0 Å². The van der Waals surface area contributed by atoms with Crippen LogP contribution >= 0.6 is 11.6 Å². The molecule has 1 aliphatic carbocycles. The molecule has 36 heavy (non-hydrogen) atoms. The Balaban J connectivity index is 1.71. The zero-order chi connectivity index (χ0) is 26.3. The Morgan fingerprint density at radius 3 is 2.39 bits per heavy atom. The molecule has 0 heterocycles. The van der Waals surface area contributed by atoms with Crippen molar-refractivity contribution in [1.82, 2.24) is 10.2 Å². The lowest BCUT2D eigenvalue weighted by atomic mass is 10.1. The molecule has 1 saturated carbocycles. The van der Waals surface area contributed by atoms with Crippen molar-refractivity contribution >= 4 is 39.1 Å². The Labute approximate surface area is 219 Å². The third-order valence-corrected chi connectivity index (χ3v) is 8.02. The summed E-state index contributed by atoms with van der Waals surface area (Å²) in [7, 11) is -3.56. The lowest BCUT2D eigenvalue weighted by Crippen LogP contribution is -2.49. The molecular formula is C27H36ClN3O4S. The first kappa shape index (κ1) is 28.0. The molecule has 7 nitrogen and oxygen atoms in total. The molecule has 2 aromatic rings. The van der Waals surface area contributed by atoms with Crippen LogP contribution in [0.1, 0.15) is 56.6 Å². The van der Waals surface area contributed by atoms with Crippen molar-refractivity contribution in [1.29, 1.82) is 0 Å². The van der Waals surface area contributed by atoms with E-state index in [1.807, 2.05) is 31.2 Å². The van der Waals surface area contributed by atoms with Crippen LogP contribution in [-0.4, -0.2) is 50.0 Å². The molecule has 0 aromatic heterocycles. The van der Waals surface area contributed by atoms with Crippen molar-refractivity contribution in [2.24, 2.45) is 0 Å². The van der Waals surface area contributed by atoms with E-state index >= 15 is 0 Å². The molecule has 0 radical (unpaired) electrons. The molecule has 2 amide bonds. The Bertz CT molecular complexity index is 1150. The maximum absolute atomic E-state index is 13.4. The normalized spacial score (nSPS) is 14.9. The monoisotopic (exact) mass is 533 g/mol. The second-order valence-corrected chi connectivity index (χ2v) is 11.9. The molecule has 9 heteroatoms. The molecule has 1 atom stereocenters. The van der Waals surface area contributed by atoms with Crippen LogP contribution in [0.4, 0.5) is 5.69 Å². The van der Waals surface area contributed by atoms with E-state index in [-0.39, 0.29) is 30.8 Å². The number of rotatable bonds is 11. The zero-order valence-corrected chi connectivity index (χ0v) is 22.8. The summed E-state index contributed by atoms with van der Waals surface area (Å²) in [5, 5.41) is 3.53. The first-order chi connectivity index (χ1) is 17.0. The van der Waals surface area contributed by atoms with Gasteiger partial charge in [-0.3, -0.25) is 13.9 Å². The van der Waals surface area contributed by atoms with Gasteiger partial charge in [0.2, 0.25) is 21.8 Å². The van der Waals surface area contributed by atoms with Crippen LogP contribution < -0.4 is 9.62 Å². The number of halogens is 1. The second kappa shape index (κ2) is 12.6. The minimum absolute atomic E-state index is 0.111. The summed E-state index contributed by atoms with van der Waals surface area (Å²) < 4.78 is 26.1. The number of amides is 2. The Kier molecular flexibility index (Phi) is 9.79. The van der Waals surface area contributed by atoms with Crippen LogP contribution in [0.15, 0.2) is 48.5 Å². The summed E-state index contributed by atoms with van der Waals surface area (Å²) in [6.45, 7) is 4.19. The standard InChI is InChI=1S/C27H36ClN3O4S/c1-20-13-15-22(16-14-20)19-30(21(2)27(33)29-24-9-4-5-10-24)26(32)12-7-17-31(36(3,34)35)25-11-6-8-23(28)18-25/h6,8,11,13-16,18,21,24H,4-5,7,9-10,12,17,19H2,1-3H3,(H,29,33)/t21-/m0/s1. The molecule has 2 aromatic carbocycles. The zero-order valence-electron chi connectivity index (χ0n) is 21.2. The molecule has 0 saturated heterocycles. The summed E-state index contributed by atoms with van der Waals surface area (Å²) in [5.74, 6) is -0.344. The number of nitrogens with zero attached hydrogens (tertiary/aromatic N) is 2. The summed E-state index contributed by atoms with van der Waals surface area (Å²) in [5.41, 5.74) is 2.51. The first-order valence-corrected chi connectivity index (χ1v) is 14.7. The average molecular weight is 534 g/mol. The molecule has 0 spiro atoms. The molecule has 1 N–H and O–H groups in total. The Morgan fingerprint density at radius 1 is 1.11 bits per heavy atom. The fraction of sp³-hybridized carbons (Fsp3) is 0.481. The third-order valence-electron chi connectivity index (χ3n) is 6.59. The topological polar surface area (TPSA) is 86.8 Å². The van der Waals surface area contributed by atoms with Gasteiger partial charge in [-0.15, -0.1) is 0 Å². The minimum Gasteiger partial charge on any atom is -0.352 e. The highest BCUT2D eigenvalue weighted by molar-refractivity contribution is 7.92. The maximum atomic E-state index is 13.4. The second-order valence-electron chi connectivity index (χ2n) is 9.59. The quantitative estimate of drug-likeness (QED) is 0.454. The number of aryl methyl sites for hydroxylation is 1. The van der Waals surface area contributed by atoms with Gasteiger partial charge in [-0.25, -0.2) is 8.42 Å². The summed E-state index contributed by atoms with van der Waals surface area (Å²) in [6, 6.07) is 14.0. The number of carbonyl (C=O) groups is 2. The largest absolute Gasteiger partial charge is 0.352 e. The summed E-state index contributed by atoms with van der Waals surface area (Å²) >= 11 is 6.06. The molecule has 0 aliphatic heterocycles. The molecule has 196 valence electrons. The van der Waals surface area contributed by atoms with Gasteiger partial charge in [-0.2, -0.15) is 0 Å². The van der Waals surface area contributed by atoms with Gasteiger partial charge in [-0.1, -0.05) is 60.3 Å². The van der Waals surface area contributed by atoms with Crippen molar-refractivity contribution in [2.75, 3.05) is 17.1 Å². The highest BCUT2D eigenvalue weighted by Crippen LogP contribution is 2.23. The summed E-state index contributed by atoms with van der Waals surface area (Å²) in [6.07, 6.45) is 5.70. The van der Waals surface area contributed by atoms with E-state index in [1.165, 1.54) is 4.31 Å². The van der Waals surface area contributed by atoms with E-state index in [9.17, 15) is 18.0 Å². The number of benzene rings is 2. The van der Waals surface area contributed by atoms with Crippen molar-refractivity contribution < 1.29 is 18.0 Å². The Morgan fingerprint density at radius 2 is 1.78 bits per heavy atom. The van der Waals surface area contributed by atoms with E-state index in [0.29, 0.717) is 23.7 Å². The predicted octanol–water partition coefficient (Wildman–Crippen LogP) is 4.67. The maximum Gasteiger partial charge on any atom is 0.242 e. The van der Waals surface area contributed by atoms with E-state index < -0.39 is 16.1 Å². The fourth-order valence-electron chi connectivity index (χ4n) is 4.50. The van der Waals surface area contributed by atoms with E-state index in [2.05, 4.69) is 5.32 Å². The van der Waals surface area contributed by atoms with Crippen LogP contribution in [0.3, 0.4) is 0 Å². The van der Waals surface area contributed by atoms with Crippen LogP contribution in [0, 0.1) is 6.92 Å². The van der Waals surface area contributed by atoms with Gasteiger partial charge in [0, 0.05) is 30.6 Å². The van der Waals surface area contributed by atoms with Crippen LogP contribution in [0.5, 0.6) is 0 Å². The molecule has 0 unspecified atom stereocenters. The number of sulfonamides is 1. The van der Waals surface area contributed by atoms with E-state index in [4.69, 9.17) is 11.6 Å². The van der Waals surface area contributed by atoms with E-state index in [0.717, 1.165) is 43.1 Å². The number of nitrogens with one attached hydrogen (secondary N) is 1. The molecule has 0 bridgehead atoms. The van der Waals surface area contributed by atoms with E-state index in [1.54, 1.807) is 36.1 Å². The SMILES string of the molecule is Cc1ccc(CN(C(=O)CCCN(c2cccc(Cl)c2)S(C)(=O)=O)[C@@H](C)C(=O)NC2CCCC2)cc1. The Hall–Kier alpha value is -2.58. The highest BCUT2D eigenvalue weighted by atomic mass is 35.5. The average Bonchev–Trinajstić information content (AvgIpc) is 3.33. The van der Waals surface area contributed by atoms with Crippen LogP contribution in [-0.2, 0) is 26.2 Å². The molecule has 1 aliphatic rings. The number of hydrogen-bond donors (Lipinski definition) is 1. The predicted molar refractivity (Wildman–Crippen MR) is 144 cm³/mol. The highest BCUT2D eigenvalue weighted by Gasteiger charge is 2.28. The number of hydrogen-bond acceptors (Lipinski definition) is 4. The summed E-state index contributed by atoms with van der Waals surface area (Å²) in [4.78, 5) is 28.0. The van der Waals surface area contributed by atoms with Gasteiger partial charge >= 0.3 is 0 Å². The number of anilines is 1. The number of carbonyl (C=O) groups excluding carboxylic acids is 2. The minimum atomic E-state index is -3.56. The third kappa shape index (κ3) is 7.96. The van der Waals surface area contributed by atoms with Crippen molar-refractivity contribution in [3.8, 4) is 0 Å². The van der Waals surface area contributed by atoms with Crippen molar-refractivity contribution in [3.05, 3.63) is 64.7 Å². The lowest BCUT2D eigenvalue weighted by Gasteiger charge is -2.30. The fourth-order valence-corrected chi connectivity index (χ4v) is 5.64. The van der Waals surface area contributed by atoms with Gasteiger partial charge in [0.05, 0.1) is 11.9 Å². The van der Waals surface area contributed by atoms with Crippen molar-refractivity contribution in [3.63, 3.8) is 0 Å². The lowest BCUT2D eigenvalue weighted by molar-refractivity contribution is -0.141. The van der Waals surface area contributed by atoms with Crippen molar-refractivity contribution in [2.45, 2.75) is 71.0 Å². The first-order valence-electron chi connectivity index (χ1n) is 12.4. The van der Waals surface area contributed by atoms with Gasteiger partial charge in [0.1, 0.15) is 6.04 Å².